The van der Waals surface area contributed by atoms with Crippen LogP contribution in [0.25, 0.3) is 0 Å². The van der Waals surface area contributed by atoms with Crippen LogP contribution in [0.15, 0.2) is 41.3 Å². The highest BCUT2D eigenvalue weighted by atomic mass is 35.5. The van der Waals surface area contributed by atoms with Gasteiger partial charge in [0, 0.05) is 32.2 Å². The molecule has 2 rings (SSSR count). The number of methoxy groups -OCH3 is 1. The highest BCUT2D eigenvalue weighted by Crippen LogP contribution is 2.26. The summed E-state index contributed by atoms with van der Waals surface area (Å²) >= 11 is 6.24. The number of carbonyl (C=O) groups excluding carboxylic acids is 1. The third kappa shape index (κ3) is 5.10. The molecule has 0 aliphatic carbocycles. The van der Waals surface area contributed by atoms with Gasteiger partial charge in [-0.25, -0.2) is 8.42 Å². The Morgan fingerprint density at radius 2 is 1.76 bits per heavy atom. The lowest BCUT2D eigenvalue weighted by molar-refractivity contribution is 0.0784. The Bertz CT molecular complexity index is 988. The number of ether oxygens (including phenoxy) is 1. The summed E-state index contributed by atoms with van der Waals surface area (Å²) in [5.41, 5.74) is 2.05. The minimum Gasteiger partial charge on any atom is -0.496 e. The van der Waals surface area contributed by atoms with E-state index in [-0.39, 0.29) is 21.4 Å². The molecule has 0 saturated carbocycles. The number of sulfonamides is 1. The number of aryl methyl sites for hydroxylation is 1. The Balaban J connectivity index is 2.37. The second kappa shape index (κ2) is 9.61. The average Bonchev–Trinajstić information content (AvgIpc) is 2.68. The standard InChI is InChI=1S/C21H27ClN2O4S/c1-6-24(7-2)29(26,27)17-9-10-19(22)18(13-17)21(25)23(4)14-16-12-15(3)8-11-20(16)28-5/h8-13H,6-7,14H2,1-5H3. The maximum Gasteiger partial charge on any atom is 0.255 e. The molecule has 0 bridgehead atoms. The van der Waals surface area contributed by atoms with E-state index in [1.807, 2.05) is 25.1 Å². The summed E-state index contributed by atoms with van der Waals surface area (Å²) in [5.74, 6) is 0.314. The average molecular weight is 439 g/mol. The lowest BCUT2D eigenvalue weighted by atomic mass is 10.1. The molecule has 0 spiro atoms. The Hall–Kier alpha value is -2.09. The third-order valence-electron chi connectivity index (χ3n) is 4.70. The van der Waals surface area contributed by atoms with Gasteiger partial charge >= 0.3 is 0 Å². The van der Waals surface area contributed by atoms with E-state index < -0.39 is 10.0 Å². The smallest absolute Gasteiger partial charge is 0.255 e. The fraction of sp³-hybridized carbons (Fsp3) is 0.381. The monoisotopic (exact) mass is 438 g/mol. The summed E-state index contributed by atoms with van der Waals surface area (Å²) in [4.78, 5) is 14.6. The summed E-state index contributed by atoms with van der Waals surface area (Å²) in [6.07, 6.45) is 0. The van der Waals surface area contributed by atoms with Crippen molar-refractivity contribution < 1.29 is 17.9 Å². The van der Waals surface area contributed by atoms with Gasteiger partial charge in [-0.05, 0) is 31.2 Å². The van der Waals surface area contributed by atoms with Gasteiger partial charge in [0.15, 0.2) is 0 Å². The van der Waals surface area contributed by atoms with E-state index in [2.05, 4.69) is 0 Å². The molecule has 2 aromatic carbocycles. The largest absolute Gasteiger partial charge is 0.496 e. The van der Waals surface area contributed by atoms with Crippen molar-refractivity contribution >= 4 is 27.5 Å². The summed E-state index contributed by atoms with van der Waals surface area (Å²) in [6.45, 7) is 6.49. The zero-order chi connectivity index (χ0) is 21.8. The van der Waals surface area contributed by atoms with Gasteiger partial charge in [-0.1, -0.05) is 43.1 Å². The second-order valence-corrected chi connectivity index (χ2v) is 9.05. The molecule has 0 heterocycles. The van der Waals surface area contributed by atoms with Crippen LogP contribution < -0.4 is 4.74 Å². The van der Waals surface area contributed by atoms with Crippen molar-refractivity contribution in [1.29, 1.82) is 0 Å². The minimum atomic E-state index is -3.69. The van der Waals surface area contributed by atoms with Crippen LogP contribution >= 0.6 is 11.6 Å². The quantitative estimate of drug-likeness (QED) is 0.625. The molecule has 0 unspecified atom stereocenters. The summed E-state index contributed by atoms with van der Waals surface area (Å²) in [5, 5.41) is 0.205. The van der Waals surface area contributed by atoms with Crippen molar-refractivity contribution in [3.8, 4) is 5.75 Å². The van der Waals surface area contributed by atoms with Crippen LogP contribution in [-0.2, 0) is 16.6 Å². The van der Waals surface area contributed by atoms with Crippen LogP contribution in [0.4, 0.5) is 0 Å². The van der Waals surface area contributed by atoms with Crippen molar-refractivity contribution in [2.75, 3.05) is 27.2 Å². The van der Waals surface area contributed by atoms with Gasteiger partial charge in [0.1, 0.15) is 5.75 Å². The zero-order valence-corrected chi connectivity index (χ0v) is 19.0. The predicted molar refractivity (Wildman–Crippen MR) is 115 cm³/mol. The van der Waals surface area contributed by atoms with Gasteiger partial charge in [0.2, 0.25) is 10.0 Å². The number of nitrogens with zero attached hydrogens (tertiary/aromatic N) is 2. The van der Waals surface area contributed by atoms with Gasteiger partial charge in [0.05, 0.1) is 22.6 Å². The first-order chi connectivity index (χ1) is 13.6. The molecule has 8 heteroatoms. The molecule has 0 N–H and O–H groups in total. The molecule has 0 aromatic heterocycles. The van der Waals surface area contributed by atoms with E-state index in [1.54, 1.807) is 28.0 Å². The van der Waals surface area contributed by atoms with Gasteiger partial charge < -0.3 is 9.64 Å². The maximum atomic E-state index is 13.0. The van der Waals surface area contributed by atoms with Crippen LogP contribution in [0.1, 0.15) is 35.3 Å². The molecule has 158 valence electrons. The van der Waals surface area contributed by atoms with Crippen LogP contribution in [0.5, 0.6) is 5.75 Å². The first-order valence-corrected chi connectivity index (χ1v) is 11.2. The summed E-state index contributed by atoms with van der Waals surface area (Å²) in [7, 11) is -0.468. The molecule has 0 radical (unpaired) electrons. The van der Waals surface area contributed by atoms with E-state index >= 15 is 0 Å². The SMILES string of the molecule is CCN(CC)S(=O)(=O)c1ccc(Cl)c(C(=O)N(C)Cc2cc(C)ccc2OC)c1. The lowest BCUT2D eigenvalue weighted by Crippen LogP contribution is -2.31. The number of benzene rings is 2. The van der Waals surface area contributed by atoms with E-state index in [9.17, 15) is 13.2 Å². The fourth-order valence-corrected chi connectivity index (χ4v) is 4.79. The molecule has 0 atom stereocenters. The van der Waals surface area contributed by atoms with Crippen LogP contribution in [0, 0.1) is 6.92 Å². The first kappa shape index (κ1) is 23.2. The molecule has 29 heavy (non-hydrogen) atoms. The van der Waals surface area contributed by atoms with Crippen molar-refractivity contribution in [2.24, 2.45) is 0 Å². The summed E-state index contributed by atoms with van der Waals surface area (Å²) < 4.78 is 32.3. The maximum absolute atomic E-state index is 13.0. The molecule has 2 aromatic rings. The normalized spacial score (nSPS) is 11.6. The lowest BCUT2D eigenvalue weighted by Gasteiger charge is -2.21. The van der Waals surface area contributed by atoms with Gasteiger partial charge in [-0.2, -0.15) is 4.31 Å². The zero-order valence-electron chi connectivity index (χ0n) is 17.4. The summed E-state index contributed by atoms with van der Waals surface area (Å²) in [6, 6.07) is 9.96. The van der Waals surface area contributed by atoms with E-state index in [1.165, 1.54) is 27.4 Å². The van der Waals surface area contributed by atoms with Crippen molar-refractivity contribution in [1.82, 2.24) is 9.21 Å². The highest BCUT2D eigenvalue weighted by molar-refractivity contribution is 7.89. The minimum absolute atomic E-state index is 0.0514. The molecule has 6 nitrogen and oxygen atoms in total. The van der Waals surface area contributed by atoms with Crippen molar-refractivity contribution in [3.05, 3.63) is 58.1 Å². The predicted octanol–water partition coefficient (Wildman–Crippen LogP) is 3.96. The first-order valence-electron chi connectivity index (χ1n) is 9.34. The number of halogens is 1. The molecule has 0 fully saturated rings. The van der Waals surface area contributed by atoms with Gasteiger partial charge in [0.25, 0.3) is 5.91 Å². The van der Waals surface area contributed by atoms with Gasteiger partial charge in [-0.15, -0.1) is 0 Å². The Labute approximate surface area is 178 Å². The number of hydrogen-bond donors (Lipinski definition) is 0. The third-order valence-corrected chi connectivity index (χ3v) is 7.08. The Kier molecular flexibility index (Phi) is 7.68. The molecule has 1 amide bonds. The number of hydrogen-bond acceptors (Lipinski definition) is 4. The topological polar surface area (TPSA) is 66.9 Å². The van der Waals surface area contributed by atoms with Crippen molar-refractivity contribution in [3.63, 3.8) is 0 Å². The van der Waals surface area contributed by atoms with E-state index in [4.69, 9.17) is 16.3 Å². The molecular formula is C21H27ClN2O4S. The number of amides is 1. The second-order valence-electron chi connectivity index (χ2n) is 6.71. The fourth-order valence-electron chi connectivity index (χ4n) is 3.11. The number of rotatable bonds is 8. The molecule has 0 aliphatic rings. The van der Waals surface area contributed by atoms with Crippen LogP contribution in [0.2, 0.25) is 5.02 Å². The number of carbonyl (C=O) groups is 1. The Morgan fingerprint density at radius 1 is 1.10 bits per heavy atom. The molecular weight excluding hydrogens is 412 g/mol. The molecule has 0 saturated heterocycles. The van der Waals surface area contributed by atoms with Crippen molar-refractivity contribution in [2.45, 2.75) is 32.2 Å². The van der Waals surface area contributed by atoms with Crippen LogP contribution in [-0.4, -0.2) is 50.8 Å². The van der Waals surface area contributed by atoms with Crippen LogP contribution in [0.3, 0.4) is 0 Å². The molecule has 0 aliphatic heterocycles. The Morgan fingerprint density at radius 3 is 2.34 bits per heavy atom. The highest BCUT2D eigenvalue weighted by Gasteiger charge is 2.25. The van der Waals surface area contributed by atoms with E-state index in [0.29, 0.717) is 25.4 Å². The van der Waals surface area contributed by atoms with E-state index in [0.717, 1.165) is 11.1 Å². The van der Waals surface area contributed by atoms with Gasteiger partial charge in [-0.3, -0.25) is 4.79 Å².